The Balaban J connectivity index is 2.41. The van der Waals surface area contributed by atoms with Gasteiger partial charge >= 0.3 is 23.9 Å². The first kappa shape index (κ1) is 34.5. The summed E-state index contributed by atoms with van der Waals surface area (Å²) in [5.41, 5.74) is -0.576. The highest BCUT2D eigenvalue weighted by atomic mass is 16.8. The van der Waals surface area contributed by atoms with E-state index in [0.717, 1.165) is 5.57 Å². The number of rotatable bonds is 12. The van der Waals surface area contributed by atoms with Crippen LogP contribution in [0.2, 0.25) is 0 Å². The van der Waals surface area contributed by atoms with Crippen molar-refractivity contribution in [1.82, 2.24) is 0 Å². The molecule has 0 aromatic rings. The molecule has 3 rings (SSSR count). The lowest BCUT2D eigenvalue weighted by Gasteiger charge is -2.62. The van der Waals surface area contributed by atoms with Gasteiger partial charge in [0, 0.05) is 45.3 Å². The van der Waals surface area contributed by atoms with Crippen LogP contribution >= 0.6 is 0 Å². The third-order valence-electron chi connectivity index (χ3n) is 9.37. The smallest absolute Gasteiger partial charge is 0.308 e. The van der Waals surface area contributed by atoms with Crippen LogP contribution in [0.4, 0.5) is 0 Å². The van der Waals surface area contributed by atoms with Gasteiger partial charge in [0.15, 0.2) is 6.10 Å². The lowest BCUT2D eigenvalue weighted by molar-refractivity contribution is -0.279. The molecule has 1 spiro atoms. The van der Waals surface area contributed by atoms with E-state index in [-0.39, 0.29) is 18.8 Å². The van der Waals surface area contributed by atoms with Crippen molar-refractivity contribution in [1.29, 1.82) is 0 Å². The van der Waals surface area contributed by atoms with Crippen molar-refractivity contribution >= 4 is 23.9 Å². The van der Waals surface area contributed by atoms with Gasteiger partial charge < -0.3 is 23.7 Å². The van der Waals surface area contributed by atoms with E-state index >= 15 is 0 Å². The number of carbonyl (C=O) groups is 4. The highest BCUT2D eigenvalue weighted by Gasteiger charge is 2.75. The van der Waals surface area contributed by atoms with Crippen LogP contribution in [0.1, 0.15) is 87.0 Å². The lowest BCUT2D eigenvalue weighted by atomic mass is 9.44. The number of methoxy groups -OCH3 is 1. The highest BCUT2D eigenvalue weighted by molar-refractivity contribution is 5.71. The minimum atomic E-state index is -1.36. The third kappa shape index (κ3) is 6.75. The molecule has 3 aliphatic rings. The molecule has 43 heavy (non-hydrogen) atoms. The molecule has 2 aliphatic carbocycles. The molecule has 0 bridgehead atoms. The molecule has 0 aromatic carbocycles. The standard InChI is InChI=1S/C33H48O10/c1-10-13-26(36)41-28-20(5)32(8,16-15-19(4)12-3)25-18-23(38-9)17-24-30(40-22(7)35)43-31(42-27(37)14-11-2)33(24,25)29(28)39-21(6)34/h12,15,17,20,23,25,28-31H,3,10-11,13-14,16,18H2,1-2,4-9H3/b19-15-/t20-,23+,25+,28-,29+,30+,31-,32-,33-/m1/s1. The van der Waals surface area contributed by atoms with Gasteiger partial charge in [-0.1, -0.05) is 52.0 Å². The van der Waals surface area contributed by atoms with Gasteiger partial charge in [0.2, 0.25) is 12.6 Å². The fourth-order valence-corrected chi connectivity index (χ4v) is 7.09. The molecule has 240 valence electrons. The summed E-state index contributed by atoms with van der Waals surface area (Å²) in [5, 5.41) is 0. The minimum absolute atomic E-state index is 0.126. The number of hydrogen-bond donors (Lipinski definition) is 0. The average Bonchev–Trinajstić information content (AvgIpc) is 3.23. The molecular formula is C33H48O10. The van der Waals surface area contributed by atoms with E-state index in [1.807, 2.05) is 27.7 Å². The number of esters is 4. The predicted octanol–water partition coefficient (Wildman–Crippen LogP) is 5.34. The molecule has 1 aliphatic heterocycles. The van der Waals surface area contributed by atoms with Gasteiger partial charge in [-0.05, 0) is 50.0 Å². The van der Waals surface area contributed by atoms with Crippen molar-refractivity contribution in [3.8, 4) is 0 Å². The first-order valence-electron chi connectivity index (χ1n) is 15.2. The van der Waals surface area contributed by atoms with Crippen LogP contribution in [-0.2, 0) is 47.6 Å². The normalized spacial score (nSPS) is 35.1. The minimum Gasteiger partial charge on any atom is -0.458 e. The van der Waals surface area contributed by atoms with Gasteiger partial charge in [-0.25, -0.2) is 0 Å². The quantitative estimate of drug-likeness (QED) is 0.125. The van der Waals surface area contributed by atoms with Crippen LogP contribution in [0.15, 0.2) is 36.0 Å². The van der Waals surface area contributed by atoms with E-state index in [4.69, 9.17) is 28.4 Å². The Morgan fingerprint density at radius 2 is 1.60 bits per heavy atom. The molecule has 0 aromatic heterocycles. The predicted molar refractivity (Wildman–Crippen MR) is 157 cm³/mol. The van der Waals surface area contributed by atoms with Crippen LogP contribution < -0.4 is 0 Å². The Morgan fingerprint density at radius 1 is 1.00 bits per heavy atom. The molecule has 9 atom stereocenters. The maximum Gasteiger partial charge on any atom is 0.308 e. The molecule has 10 heteroatoms. The Labute approximate surface area is 255 Å². The lowest BCUT2D eigenvalue weighted by Crippen LogP contribution is -2.69. The summed E-state index contributed by atoms with van der Waals surface area (Å²) in [6.07, 6.45) is 3.02. The number of carbonyl (C=O) groups excluding carboxylic acids is 4. The topological polar surface area (TPSA) is 124 Å². The van der Waals surface area contributed by atoms with Crippen LogP contribution in [0.25, 0.3) is 0 Å². The molecule has 0 N–H and O–H groups in total. The maximum atomic E-state index is 13.1. The summed E-state index contributed by atoms with van der Waals surface area (Å²) in [4.78, 5) is 51.3. The Hall–Kier alpha value is -2.98. The van der Waals surface area contributed by atoms with Crippen LogP contribution in [0.5, 0.6) is 0 Å². The summed E-state index contributed by atoms with van der Waals surface area (Å²) in [5.74, 6) is -2.89. The molecule has 0 unspecified atom stereocenters. The van der Waals surface area contributed by atoms with Gasteiger partial charge in [0.1, 0.15) is 11.5 Å². The van der Waals surface area contributed by atoms with Crippen LogP contribution in [0.3, 0.4) is 0 Å². The van der Waals surface area contributed by atoms with Crippen molar-refractivity contribution in [2.75, 3.05) is 7.11 Å². The van der Waals surface area contributed by atoms with Crippen molar-refractivity contribution < 1.29 is 47.6 Å². The van der Waals surface area contributed by atoms with Gasteiger partial charge in [-0.2, -0.15) is 0 Å². The zero-order chi connectivity index (χ0) is 32.1. The van der Waals surface area contributed by atoms with E-state index in [1.165, 1.54) is 13.8 Å². The van der Waals surface area contributed by atoms with E-state index in [2.05, 4.69) is 19.6 Å². The number of hydrogen-bond acceptors (Lipinski definition) is 10. The molecule has 10 nitrogen and oxygen atoms in total. The summed E-state index contributed by atoms with van der Waals surface area (Å²) < 4.78 is 36.2. The number of ether oxygens (including phenoxy) is 6. The van der Waals surface area contributed by atoms with Crippen molar-refractivity contribution in [2.45, 2.75) is 118 Å². The fraction of sp³-hybridized carbons (Fsp3) is 0.697. The average molecular weight is 605 g/mol. The summed E-state index contributed by atoms with van der Waals surface area (Å²) in [7, 11) is 1.59. The number of allylic oxidation sites excluding steroid dienone is 3. The largest absolute Gasteiger partial charge is 0.458 e. The zero-order valence-electron chi connectivity index (χ0n) is 26.8. The Bertz CT molecular complexity index is 1140. The summed E-state index contributed by atoms with van der Waals surface area (Å²) in [6.45, 7) is 16.2. The second-order valence-electron chi connectivity index (χ2n) is 12.2. The molecule has 1 heterocycles. The summed E-state index contributed by atoms with van der Waals surface area (Å²) in [6, 6.07) is 0. The van der Waals surface area contributed by atoms with Crippen LogP contribution in [0, 0.1) is 22.7 Å². The second-order valence-corrected chi connectivity index (χ2v) is 12.2. The molecule has 0 radical (unpaired) electrons. The molecule has 1 saturated heterocycles. The van der Waals surface area contributed by atoms with E-state index < -0.39 is 71.5 Å². The SMILES string of the molecule is C=C/C(C)=C\C[C@]1(C)[C@H](C)[C@@H](OC(=O)CCC)[C@H](OC(C)=O)[C@@]23C(=C[C@H](OC)C[C@@H]12)[C@@H](OC(C)=O)O[C@H]3OC(=O)CCC. The van der Waals surface area contributed by atoms with Crippen molar-refractivity contribution in [3.63, 3.8) is 0 Å². The fourth-order valence-electron chi connectivity index (χ4n) is 7.09. The first-order valence-corrected chi connectivity index (χ1v) is 15.2. The van der Waals surface area contributed by atoms with Gasteiger partial charge in [-0.3, -0.25) is 23.9 Å². The summed E-state index contributed by atoms with van der Waals surface area (Å²) >= 11 is 0. The second kappa shape index (κ2) is 14.2. The molecular weight excluding hydrogens is 556 g/mol. The van der Waals surface area contributed by atoms with Crippen molar-refractivity contribution in [2.24, 2.45) is 22.7 Å². The van der Waals surface area contributed by atoms with Crippen LogP contribution in [-0.4, -0.2) is 61.9 Å². The van der Waals surface area contributed by atoms with Gasteiger partial charge in [0.05, 0.1) is 6.10 Å². The maximum absolute atomic E-state index is 13.1. The molecule has 0 amide bonds. The monoisotopic (exact) mass is 604 g/mol. The van der Waals surface area contributed by atoms with E-state index in [0.29, 0.717) is 31.3 Å². The first-order chi connectivity index (χ1) is 20.3. The highest BCUT2D eigenvalue weighted by Crippen LogP contribution is 2.68. The van der Waals surface area contributed by atoms with E-state index in [9.17, 15) is 19.2 Å². The van der Waals surface area contributed by atoms with Gasteiger partial charge in [0.25, 0.3) is 0 Å². The van der Waals surface area contributed by atoms with Gasteiger partial charge in [-0.15, -0.1) is 0 Å². The van der Waals surface area contributed by atoms with E-state index in [1.54, 1.807) is 19.3 Å². The third-order valence-corrected chi connectivity index (χ3v) is 9.37. The Kier molecular flexibility index (Phi) is 11.4. The molecule has 2 fully saturated rings. The van der Waals surface area contributed by atoms with Crippen molar-refractivity contribution in [3.05, 3.63) is 36.0 Å². The molecule has 1 saturated carbocycles. The zero-order valence-corrected chi connectivity index (χ0v) is 26.8. The Morgan fingerprint density at radius 3 is 2.14 bits per heavy atom.